The standard InChI is InChI=1S/C26H33FN5O2PS/c1-15(19-5-4-6-20(16(2)35)23(19)27)30-24-22-13-21(26(33)32(3)25(22)29-14-28-24)17-9-11-36(34,12-10-17)31-18-7-8-18/h4-6,13-18H,7-12,35H2,1-3H3,(H,28,29,30)/t15-,16?,17?,36?/m1/s1. The van der Waals surface area contributed by atoms with Gasteiger partial charge in [-0.05, 0) is 55.8 Å². The molecule has 0 amide bonds. The van der Waals surface area contributed by atoms with Gasteiger partial charge in [0, 0.05) is 39.4 Å². The monoisotopic (exact) mass is 529 g/mol. The Morgan fingerprint density at radius 1 is 1.17 bits per heavy atom. The van der Waals surface area contributed by atoms with Crippen LogP contribution in [-0.4, -0.2) is 36.3 Å². The van der Waals surface area contributed by atoms with Crippen LogP contribution in [0.15, 0.2) is 39.8 Å². The summed E-state index contributed by atoms with van der Waals surface area (Å²) in [6, 6.07) is 7.24. The maximum atomic E-state index is 15.2. The summed E-state index contributed by atoms with van der Waals surface area (Å²) in [5, 5.41) is 4.07. The average molecular weight is 530 g/mol. The van der Waals surface area contributed by atoms with Gasteiger partial charge in [0.1, 0.15) is 23.6 Å². The zero-order chi connectivity index (χ0) is 25.6. The molecule has 0 bridgehead atoms. The van der Waals surface area contributed by atoms with Gasteiger partial charge in [0.25, 0.3) is 5.56 Å². The van der Waals surface area contributed by atoms with Crippen LogP contribution in [0.5, 0.6) is 0 Å². The van der Waals surface area contributed by atoms with Crippen LogP contribution in [0.1, 0.15) is 73.8 Å². The number of benzene rings is 1. The fourth-order valence-electron chi connectivity index (χ4n) is 5.01. The Morgan fingerprint density at radius 2 is 1.86 bits per heavy atom. The summed E-state index contributed by atoms with van der Waals surface area (Å²) in [6.45, 7) is 3.84. The zero-order valence-electron chi connectivity index (χ0n) is 20.9. The molecule has 7 nitrogen and oxygen atoms in total. The molecule has 3 heterocycles. The molecule has 192 valence electrons. The average Bonchev–Trinajstić information content (AvgIpc) is 3.65. The topological polar surface area (TPSA) is 89.2 Å². The van der Waals surface area contributed by atoms with E-state index >= 15 is 4.39 Å². The molecule has 0 radical (unpaired) electrons. The Bertz CT molecular complexity index is 1480. The second kappa shape index (κ2) is 9.82. The maximum Gasteiger partial charge on any atom is 0.255 e. The maximum absolute atomic E-state index is 15.2. The lowest BCUT2D eigenvalue weighted by Crippen LogP contribution is -2.29. The van der Waals surface area contributed by atoms with Crippen molar-refractivity contribution in [1.82, 2.24) is 14.5 Å². The number of hydrogen-bond donors (Lipinski definition) is 1. The van der Waals surface area contributed by atoms with E-state index in [2.05, 4.69) is 28.9 Å². The van der Waals surface area contributed by atoms with E-state index in [9.17, 15) is 9.00 Å². The molecule has 36 heavy (non-hydrogen) atoms. The van der Waals surface area contributed by atoms with Gasteiger partial charge in [-0.3, -0.25) is 9.36 Å². The summed E-state index contributed by atoms with van der Waals surface area (Å²) in [5.74, 6) is 1.41. The van der Waals surface area contributed by atoms with Gasteiger partial charge >= 0.3 is 0 Å². The smallest absolute Gasteiger partial charge is 0.255 e. The SMILES string of the molecule is CC(P)c1cccc([C@@H](C)Nc2ncnc3c2cc(C2CCS(=O)(=NC4CC4)CC2)c(=O)n3C)c1F. The molecule has 1 aliphatic carbocycles. The van der Waals surface area contributed by atoms with Crippen molar-refractivity contribution in [2.24, 2.45) is 11.4 Å². The Kier molecular flexibility index (Phi) is 6.90. The first-order chi connectivity index (χ1) is 17.2. The van der Waals surface area contributed by atoms with Crippen molar-refractivity contribution in [3.63, 3.8) is 0 Å². The minimum absolute atomic E-state index is 0.00336. The number of rotatable bonds is 6. The quantitative estimate of drug-likeness (QED) is 0.450. The highest BCUT2D eigenvalue weighted by molar-refractivity contribution is 7.93. The van der Waals surface area contributed by atoms with Crippen molar-refractivity contribution in [2.75, 3.05) is 16.8 Å². The highest BCUT2D eigenvalue weighted by Gasteiger charge is 2.30. The Morgan fingerprint density at radius 3 is 2.53 bits per heavy atom. The Balaban J connectivity index is 1.48. The first kappa shape index (κ1) is 25.3. The van der Waals surface area contributed by atoms with Gasteiger partial charge < -0.3 is 5.32 Å². The van der Waals surface area contributed by atoms with E-state index in [0.717, 1.165) is 12.8 Å². The first-order valence-electron chi connectivity index (χ1n) is 12.5. The lowest BCUT2D eigenvalue weighted by molar-refractivity contribution is 0.584. The Hall–Kier alpha value is -2.38. The molecule has 2 aliphatic rings. The number of halogens is 1. The van der Waals surface area contributed by atoms with Gasteiger partial charge in [0.05, 0.1) is 17.5 Å². The summed E-state index contributed by atoms with van der Waals surface area (Å²) in [7, 11) is 2.19. The fourth-order valence-corrected chi connectivity index (χ4v) is 7.74. The molecular weight excluding hydrogens is 496 g/mol. The molecule has 1 saturated heterocycles. The van der Waals surface area contributed by atoms with E-state index in [1.807, 2.05) is 26.0 Å². The van der Waals surface area contributed by atoms with Crippen molar-refractivity contribution in [1.29, 1.82) is 0 Å². The number of aromatic nitrogens is 3. The van der Waals surface area contributed by atoms with Crippen LogP contribution in [0.3, 0.4) is 0 Å². The minimum Gasteiger partial charge on any atom is -0.363 e. The molecule has 0 spiro atoms. The van der Waals surface area contributed by atoms with E-state index in [1.165, 1.54) is 6.33 Å². The van der Waals surface area contributed by atoms with Crippen LogP contribution in [0.2, 0.25) is 0 Å². The summed E-state index contributed by atoms with van der Waals surface area (Å²) in [6.07, 6.45) is 4.86. The van der Waals surface area contributed by atoms with Crippen molar-refractivity contribution in [2.45, 2.75) is 63.2 Å². The Labute approximate surface area is 213 Å². The number of anilines is 1. The van der Waals surface area contributed by atoms with Crippen LogP contribution < -0.4 is 10.9 Å². The third kappa shape index (κ3) is 4.92. The largest absolute Gasteiger partial charge is 0.363 e. The normalized spacial score (nSPS) is 23.9. The summed E-state index contributed by atoms with van der Waals surface area (Å²) < 4.78 is 34.4. The highest BCUT2D eigenvalue weighted by atomic mass is 32.2. The molecule has 1 saturated carbocycles. The van der Waals surface area contributed by atoms with Crippen LogP contribution in [-0.2, 0) is 16.8 Å². The van der Waals surface area contributed by atoms with Crippen molar-refractivity contribution < 1.29 is 8.60 Å². The number of nitrogens with zero attached hydrogens (tertiary/aromatic N) is 4. The van der Waals surface area contributed by atoms with Crippen LogP contribution in [0.25, 0.3) is 11.0 Å². The predicted molar refractivity (Wildman–Crippen MR) is 147 cm³/mol. The second-order valence-corrected chi connectivity index (χ2v) is 13.7. The molecule has 1 N–H and O–H groups in total. The molecule has 3 aromatic rings. The summed E-state index contributed by atoms with van der Waals surface area (Å²) >= 11 is 0. The molecule has 10 heteroatoms. The molecule has 2 aromatic heterocycles. The van der Waals surface area contributed by atoms with Gasteiger partial charge in [-0.15, -0.1) is 9.24 Å². The highest BCUT2D eigenvalue weighted by Crippen LogP contribution is 2.34. The number of nitrogens with one attached hydrogen (secondary N) is 1. The number of fused-ring (bicyclic) bond motifs is 1. The van der Waals surface area contributed by atoms with Crippen molar-refractivity contribution >= 4 is 35.8 Å². The van der Waals surface area contributed by atoms with Crippen LogP contribution in [0.4, 0.5) is 10.2 Å². The van der Waals surface area contributed by atoms with Gasteiger partial charge in [0.15, 0.2) is 0 Å². The summed E-state index contributed by atoms with van der Waals surface area (Å²) in [4.78, 5) is 22.1. The second-order valence-electron chi connectivity index (χ2n) is 10.1. The fraction of sp³-hybridized carbons (Fsp3) is 0.500. The third-order valence-corrected chi connectivity index (χ3v) is 10.1. The molecule has 2 unspecified atom stereocenters. The van der Waals surface area contributed by atoms with E-state index in [1.54, 1.807) is 23.7 Å². The molecular formula is C26H33FN5O2PS. The molecule has 1 aromatic carbocycles. The van der Waals surface area contributed by atoms with Gasteiger partial charge in [-0.2, -0.15) is 0 Å². The zero-order valence-corrected chi connectivity index (χ0v) is 22.9. The number of aryl methyl sites for hydroxylation is 1. The van der Waals surface area contributed by atoms with Gasteiger partial charge in [-0.1, -0.05) is 25.1 Å². The number of hydrogen-bond acceptors (Lipinski definition) is 6. The van der Waals surface area contributed by atoms with Crippen LogP contribution in [0, 0.1) is 5.82 Å². The first-order valence-corrected chi connectivity index (χ1v) is 15.1. The predicted octanol–water partition coefficient (Wildman–Crippen LogP) is 5.08. The number of pyridine rings is 1. The van der Waals surface area contributed by atoms with E-state index < -0.39 is 9.73 Å². The van der Waals surface area contributed by atoms with Gasteiger partial charge in [0.2, 0.25) is 0 Å². The van der Waals surface area contributed by atoms with Crippen molar-refractivity contribution in [3.8, 4) is 0 Å². The molecule has 5 rings (SSSR count). The minimum atomic E-state index is -2.16. The molecule has 2 fully saturated rings. The van der Waals surface area contributed by atoms with Crippen LogP contribution >= 0.6 is 9.24 Å². The molecule has 3 atom stereocenters. The lowest BCUT2D eigenvalue weighted by Gasteiger charge is -2.25. The lowest BCUT2D eigenvalue weighted by atomic mass is 9.94. The molecule has 1 aliphatic heterocycles. The van der Waals surface area contributed by atoms with E-state index in [4.69, 9.17) is 0 Å². The van der Waals surface area contributed by atoms with E-state index in [-0.39, 0.29) is 35.0 Å². The van der Waals surface area contributed by atoms with Gasteiger partial charge in [-0.25, -0.2) is 22.9 Å². The van der Waals surface area contributed by atoms with E-state index in [0.29, 0.717) is 57.9 Å². The third-order valence-electron chi connectivity index (χ3n) is 7.30. The van der Waals surface area contributed by atoms with Crippen molar-refractivity contribution in [3.05, 3.63) is 63.5 Å². The summed E-state index contributed by atoms with van der Waals surface area (Å²) in [5.41, 5.74) is 2.31.